The number of carbonyl (C=O) groups excluding carboxylic acids is 2. The largest absolute Gasteiger partial charge is 0.400 e. The minimum Gasteiger partial charge on any atom is -0.400 e. The first-order valence-corrected chi connectivity index (χ1v) is 11.5. The van der Waals surface area contributed by atoms with Gasteiger partial charge in [0, 0.05) is 31.0 Å². The van der Waals surface area contributed by atoms with E-state index in [2.05, 4.69) is 39.7 Å². The number of nitrogens with zero attached hydrogens (tertiary/aromatic N) is 2. The van der Waals surface area contributed by atoms with Crippen molar-refractivity contribution in [1.82, 2.24) is 15.2 Å². The lowest BCUT2D eigenvalue weighted by Gasteiger charge is -2.14. The van der Waals surface area contributed by atoms with Crippen LogP contribution in [0.1, 0.15) is 68.1 Å². The van der Waals surface area contributed by atoms with Crippen LogP contribution in [0.2, 0.25) is 0 Å². The molecule has 1 amide bonds. The zero-order chi connectivity index (χ0) is 25.6. The maximum absolute atomic E-state index is 12.1. The van der Waals surface area contributed by atoms with Gasteiger partial charge in [-0.15, -0.1) is 5.10 Å². The van der Waals surface area contributed by atoms with Crippen LogP contribution in [0.5, 0.6) is 0 Å². The predicted octanol–water partition coefficient (Wildman–Crippen LogP) is 4.25. The number of aliphatic hydroxyl groups excluding tert-OH is 1. The number of hydrogen-bond acceptors (Lipinski definition) is 8. The highest BCUT2D eigenvalue weighted by molar-refractivity contribution is 6.00. The van der Waals surface area contributed by atoms with Crippen LogP contribution in [0.4, 0.5) is 17.4 Å². The van der Waals surface area contributed by atoms with E-state index in [1.54, 1.807) is 0 Å². The zero-order valence-electron chi connectivity index (χ0n) is 20.3. The second-order valence-corrected chi connectivity index (χ2v) is 8.24. The van der Waals surface area contributed by atoms with Crippen LogP contribution in [0.25, 0.3) is 0 Å². The van der Waals surface area contributed by atoms with E-state index in [1.165, 1.54) is 43.2 Å². The minimum absolute atomic E-state index is 0.115. The molecule has 4 rings (SSSR count). The fourth-order valence-electron chi connectivity index (χ4n) is 3.38. The third-order valence-corrected chi connectivity index (χ3v) is 5.33. The summed E-state index contributed by atoms with van der Waals surface area (Å²) in [5, 5.41) is 20.0. The van der Waals surface area contributed by atoms with Gasteiger partial charge in [0.2, 0.25) is 5.56 Å². The van der Waals surface area contributed by atoms with Crippen LogP contribution in [0, 0.1) is 5.92 Å². The lowest BCUT2D eigenvalue weighted by Crippen LogP contribution is -2.14. The van der Waals surface area contributed by atoms with Gasteiger partial charge in [0.05, 0.1) is 5.69 Å². The highest BCUT2D eigenvalue weighted by Gasteiger charge is 2.15. The average molecular weight is 484 g/mol. The summed E-state index contributed by atoms with van der Waals surface area (Å²) >= 11 is 0. The summed E-state index contributed by atoms with van der Waals surface area (Å²) in [7, 11) is 1.00. The number of aldehydes is 1. The summed E-state index contributed by atoms with van der Waals surface area (Å²) in [5.41, 5.74) is 2.16. The fourth-order valence-corrected chi connectivity index (χ4v) is 3.38. The monoisotopic (exact) mass is 483 g/mol. The molecule has 1 saturated carbocycles. The van der Waals surface area contributed by atoms with Crippen molar-refractivity contribution in [2.75, 3.05) is 17.7 Å². The number of carbonyl (C=O) groups is 2. The number of aliphatic hydroxyl groups is 1. The van der Waals surface area contributed by atoms with Crippen molar-refractivity contribution in [3.8, 4) is 0 Å². The molecule has 0 unspecified atom stereocenters. The number of rotatable bonds is 6. The number of pyridine rings is 1. The van der Waals surface area contributed by atoms with Gasteiger partial charge in [-0.3, -0.25) is 9.59 Å². The number of benzene rings is 1. The molecule has 3 aromatic rings. The quantitative estimate of drug-likeness (QED) is 0.380. The van der Waals surface area contributed by atoms with Gasteiger partial charge in [-0.1, -0.05) is 50.3 Å². The molecule has 4 N–H and O–H groups in total. The third kappa shape index (κ3) is 9.17. The SMILES string of the molecule is CC(C)c1ccc(Nc2nnc(C(=O)Nc3ccc(=O)[nH]c3)o2)cc1.CO.O=CC1CCCCC1. The van der Waals surface area contributed by atoms with E-state index in [0.717, 1.165) is 31.9 Å². The summed E-state index contributed by atoms with van der Waals surface area (Å²) in [6.07, 6.45) is 8.65. The highest BCUT2D eigenvalue weighted by atomic mass is 16.4. The number of nitrogens with one attached hydrogen (secondary N) is 3. The van der Waals surface area contributed by atoms with E-state index in [-0.39, 0.29) is 17.5 Å². The summed E-state index contributed by atoms with van der Waals surface area (Å²) in [6.45, 7) is 4.24. The predicted molar refractivity (Wildman–Crippen MR) is 134 cm³/mol. The molecule has 0 aliphatic heterocycles. The van der Waals surface area contributed by atoms with E-state index in [1.807, 2.05) is 24.3 Å². The molecular weight excluding hydrogens is 450 g/mol. The van der Waals surface area contributed by atoms with Crippen molar-refractivity contribution in [1.29, 1.82) is 0 Å². The van der Waals surface area contributed by atoms with Crippen molar-refractivity contribution in [2.45, 2.75) is 51.9 Å². The van der Waals surface area contributed by atoms with Crippen LogP contribution in [-0.2, 0) is 4.79 Å². The summed E-state index contributed by atoms with van der Waals surface area (Å²) in [4.78, 5) is 35.7. The van der Waals surface area contributed by atoms with Gasteiger partial charge in [0.15, 0.2) is 0 Å². The van der Waals surface area contributed by atoms with E-state index < -0.39 is 5.91 Å². The topological polar surface area (TPSA) is 150 Å². The molecule has 2 heterocycles. The van der Waals surface area contributed by atoms with Gasteiger partial charge in [0.25, 0.3) is 0 Å². The van der Waals surface area contributed by atoms with Crippen molar-refractivity contribution >= 4 is 29.6 Å². The zero-order valence-corrected chi connectivity index (χ0v) is 20.3. The number of amides is 1. The van der Waals surface area contributed by atoms with E-state index in [4.69, 9.17) is 9.52 Å². The minimum atomic E-state index is -0.567. The Hall–Kier alpha value is -3.79. The normalized spacial score (nSPS) is 13.1. The summed E-state index contributed by atoms with van der Waals surface area (Å²) in [5.74, 6) is 0.0969. The Morgan fingerprint density at radius 1 is 1.06 bits per heavy atom. The number of aromatic nitrogens is 3. The molecule has 1 fully saturated rings. The molecular formula is C25H33N5O5. The molecule has 0 saturated heterocycles. The molecule has 2 aromatic heterocycles. The Morgan fingerprint density at radius 2 is 1.71 bits per heavy atom. The molecule has 188 valence electrons. The highest BCUT2D eigenvalue weighted by Crippen LogP contribution is 2.21. The van der Waals surface area contributed by atoms with E-state index in [9.17, 15) is 14.4 Å². The maximum atomic E-state index is 12.1. The first-order valence-electron chi connectivity index (χ1n) is 11.5. The smallest absolute Gasteiger partial charge is 0.320 e. The lowest BCUT2D eigenvalue weighted by molar-refractivity contribution is -0.111. The summed E-state index contributed by atoms with van der Waals surface area (Å²) in [6, 6.07) is 10.7. The lowest BCUT2D eigenvalue weighted by atomic mass is 9.91. The van der Waals surface area contributed by atoms with Gasteiger partial charge in [0.1, 0.15) is 6.29 Å². The summed E-state index contributed by atoms with van der Waals surface area (Å²) < 4.78 is 5.31. The Morgan fingerprint density at radius 3 is 2.26 bits per heavy atom. The number of hydrogen-bond donors (Lipinski definition) is 4. The van der Waals surface area contributed by atoms with Crippen LogP contribution >= 0.6 is 0 Å². The van der Waals surface area contributed by atoms with Crippen LogP contribution in [0.3, 0.4) is 0 Å². The van der Waals surface area contributed by atoms with Gasteiger partial charge >= 0.3 is 17.8 Å². The van der Waals surface area contributed by atoms with Gasteiger partial charge in [-0.25, -0.2) is 0 Å². The average Bonchev–Trinajstić information content (AvgIpc) is 3.36. The van der Waals surface area contributed by atoms with Gasteiger partial charge < -0.3 is 29.9 Å². The second kappa shape index (κ2) is 14.5. The molecule has 1 aliphatic carbocycles. The molecule has 1 aromatic carbocycles. The Balaban J connectivity index is 0.000000363. The Kier molecular flexibility index (Phi) is 11.3. The molecule has 1 aliphatic rings. The molecule has 0 bridgehead atoms. The van der Waals surface area contributed by atoms with Crippen molar-refractivity contribution < 1.29 is 19.1 Å². The van der Waals surface area contributed by atoms with E-state index in [0.29, 0.717) is 17.5 Å². The number of anilines is 3. The standard InChI is InChI=1S/C17H17N5O3.C7H12O.CH4O/c1-10(2)11-3-5-12(6-4-11)20-17-22-21-16(25-17)15(24)19-13-7-8-14(23)18-9-13;8-6-7-4-2-1-3-5-7;1-2/h3-10H,1-2H3,(H,18,23)(H,19,24)(H,20,22);6-7H,1-5H2;2H,1H3. The van der Waals surface area contributed by atoms with Crippen LogP contribution in [-0.4, -0.2) is 39.6 Å². The fraction of sp³-hybridized carbons (Fsp3) is 0.400. The van der Waals surface area contributed by atoms with Crippen LogP contribution in [0.15, 0.2) is 51.8 Å². The van der Waals surface area contributed by atoms with Crippen LogP contribution < -0.4 is 16.2 Å². The van der Waals surface area contributed by atoms with Gasteiger partial charge in [-0.05, 0) is 42.5 Å². The molecule has 10 nitrogen and oxygen atoms in total. The second-order valence-electron chi connectivity index (χ2n) is 8.24. The number of aromatic amines is 1. The van der Waals surface area contributed by atoms with Gasteiger partial charge in [-0.2, -0.15) is 0 Å². The van der Waals surface area contributed by atoms with Crippen molar-refractivity contribution in [3.63, 3.8) is 0 Å². The molecule has 0 spiro atoms. The van der Waals surface area contributed by atoms with E-state index >= 15 is 0 Å². The molecule has 0 radical (unpaired) electrons. The first kappa shape index (κ1) is 27.5. The molecule has 35 heavy (non-hydrogen) atoms. The van der Waals surface area contributed by atoms with Crippen molar-refractivity contribution in [2.24, 2.45) is 5.92 Å². The third-order valence-electron chi connectivity index (χ3n) is 5.33. The Bertz CT molecular complexity index is 1080. The number of H-pyrrole nitrogens is 1. The Labute approximate surface area is 204 Å². The molecule has 0 atom stereocenters. The first-order chi connectivity index (χ1) is 16.9. The molecule has 10 heteroatoms. The maximum Gasteiger partial charge on any atom is 0.320 e. The van der Waals surface area contributed by atoms with Crippen molar-refractivity contribution in [3.05, 3.63) is 64.4 Å².